The fraction of sp³-hybridized carbons (Fsp3) is 0.300. The molecule has 0 atom stereocenters. The maximum Gasteiger partial charge on any atom is 0.317 e. The molecular weight excluding hydrogens is 484 g/mol. The minimum absolute atomic E-state index is 0.131. The maximum atomic E-state index is 12.4. The molecule has 3 aromatic carbocycles. The molecule has 0 bridgehead atoms. The van der Waals surface area contributed by atoms with Gasteiger partial charge in [-0.05, 0) is 59.0 Å². The van der Waals surface area contributed by atoms with Crippen LogP contribution in [-0.2, 0) is 33.9 Å². The van der Waals surface area contributed by atoms with Gasteiger partial charge < -0.3 is 19.9 Å². The SMILES string of the molecule is COc1ccc(CC(=O)Nc2ccc(CN(CC(=O)O)Cc3ccc(OC(=O)CC(C)C)cc3)cc2)cc1. The Morgan fingerprint density at radius 1 is 0.816 bits per heavy atom. The number of carboxylic acids is 1. The van der Waals surface area contributed by atoms with Gasteiger partial charge >= 0.3 is 11.9 Å². The number of methoxy groups -OCH3 is 1. The molecule has 0 saturated heterocycles. The van der Waals surface area contributed by atoms with Crippen LogP contribution in [-0.4, -0.2) is 41.5 Å². The highest BCUT2D eigenvalue weighted by Gasteiger charge is 2.13. The van der Waals surface area contributed by atoms with Crippen LogP contribution in [0.25, 0.3) is 0 Å². The highest BCUT2D eigenvalue weighted by molar-refractivity contribution is 5.92. The molecule has 0 spiro atoms. The lowest BCUT2D eigenvalue weighted by molar-refractivity contribution is -0.138. The number of nitrogens with one attached hydrogen (secondary N) is 1. The number of hydrogen-bond acceptors (Lipinski definition) is 6. The summed E-state index contributed by atoms with van der Waals surface area (Å²) in [4.78, 5) is 37.5. The molecule has 200 valence electrons. The highest BCUT2D eigenvalue weighted by atomic mass is 16.5. The Hall–Kier alpha value is -4.17. The van der Waals surface area contributed by atoms with Crippen molar-refractivity contribution in [2.45, 2.75) is 39.8 Å². The number of carboxylic acid groups (broad SMARTS) is 1. The zero-order valence-electron chi connectivity index (χ0n) is 22.0. The number of esters is 1. The molecule has 8 nitrogen and oxygen atoms in total. The van der Waals surface area contributed by atoms with Crippen molar-refractivity contribution in [3.8, 4) is 11.5 Å². The molecular formula is C30H34N2O6. The number of nitrogens with zero attached hydrogens (tertiary/aromatic N) is 1. The monoisotopic (exact) mass is 518 g/mol. The van der Waals surface area contributed by atoms with Gasteiger partial charge in [-0.2, -0.15) is 0 Å². The van der Waals surface area contributed by atoms with Crippen LogP contribution in [0.5, 0.6) is 11.5 Å². The van der Waals surface area contributed by atoms with E-state index in [2.05, 4.69) is 5.32 Å². The standard InChI is InChI=1S/C30H34N2O6/c1-21(2)16-30(36)38-27-14-8-24(9-15-27)19-32(20-29(34)35)18-23-4-10-25(11-5-23)31-28(33)17-22-6-12-26(37-3)13-7-22/h4-15,21H,16-20H2,1-3H3,(H,31,33)(H,34,35). The van der Waals surface area contributed by atoms with Crippen LogP contribution in [0.2, 0.25) is 0 Å². The molecule has 38 heavy (non-hydrogen) atoms. The van der Waals surface area contributed by atoms with Gasteiger partial charge in [0.2, 0.25) is 5.91 Å². The predicted octanol–water partition coefficient (Wildman–Crippen LogP) is 4.91. The van der Waals surface area contributed by atoms with Gasteiger partial charge in [-0.3, -0.25) is 19.3 Å². The number of carbonyl (C=O) groups excluding carboxylic acids is 2. The first-order valence-electron chi connectivity index (χ1n) is 12.5. The number of carbonyl (C=O) groups is 3. The zero-order chi connectivity index (χ0) is 27.5. The second-order valence-electron chi connectivity index (χ2n) is 9.52. The number of rotatable bonds is 13. The van der Waals surface area contributed by atoms with Gasteiger partial charge in [0.05, 0.1) is 20.1 Å². The second-order valence-corrected chi connectivity index (χ2v) is 9.52. The largest absolute Gasteiger partial charge is 0.497 e. The molecule has 0 aliphatic carbocycles. The summed E-state index contributed by atoms with van der Waals surface area (Å²) < 4.78 is 10.5. The van der Waals surface area contributed by atoms with Crippen molar-refractivity contribution >= 4 is 23.5 Å². The molecule has 3 rings (SSSR count). The molecule has 0 radical (unpaired) electrons. The Morgan fingerprint density at radius 3 is 1.87 bits per heavy atom. The van der Waals surface area contributed by atoms with Gasteiger partial charge in [0.25, 0.3) is 0 Å². The Balaban J connectivity index is 1.56. The lowest BCUT2D eigenvalue weighted by Gasteiger charge is -2.21. The smallest absolute Gasteiger partial charge is 0.317 e. The van der Waals surface area contributed by atoms with Crippen LogP contribution in [0.3, 0.4) is 0 Å². The van der Waals surface area contributed by atoms with E-state index in [1.807, 2.05) is 62.4 Å². The van der Waals surface area contributed by atoms with Gasteiger partial charge in [-0.1, -0.05) is 50.2 Å². The van der Waals surface area contributed by atoms with Crippen molar-refractivity contribution in [2.24, 2.45) is 5.92 Å². The van der Waals surface area contributed by atoms with Crippen molar-refractivity contribution in [2.75, 3.05) is 19.0 Å². The van der Waals surface area contributed by atoms with Crippen LogP contribution < -0.4 is 14.8 Å². The van der Waals surface area contributed by atoms with Crippen LogP contribution in [0.4, 0.5) is 5.69 Å². The molecule has 0 unspecified atom stereocenters. The van der Waals surface area contributed by atoms with Crippen LogP contribution in [0.1, 0.15) is 37.0 Å². The van der Waals surface area contributed by atoms with E-state index in [1.54, 1.807) is 36.3 Å². The molecule has 1 amide bonds. The van der Waals surface area contributed by atoms with Crippen molar-refractivity contribution < 1.29 is 29.0 Å². The predicted molar refractivity (Wildman–Crippen MR) is 145 cm³/mol. The average molecular weight is 519 g/mol. The normalized spacial score (nSPS) is 10.9. The minimum atomic E-state index is -0.924. The lowest BCUT2D eigenvalue weighted by atomic mass is 10.1. The number of hydrogen-bond donors (Lipinski definition) is 2. The fourth-order valence-electron chi connectivity index (χ4n) is 3.87. The Labute approximate surface area is 223 Å². The van der Waals surface area contributed by atoms with E-state index in [4.69, 9.17) is 9.47 Å². The Bertz CT molecular complexity index is 1210. The summed E-state index contributed by atoms with van der Waals surface area (Å²) in [5, 5.41) is 12.3. The van der Waals surface area contributed by atoms with E-state index in [0.717, 1.165) is 22.4 Å². The summed E-state index contributed by atoms with van der Waals surface area (Å²) >= 11 is 0. The van der Waals surface area contributed by atoms with Crippen molar-refractivity contribution in [1.82, 2.24) is 4.90 Å². The first kappa shape index (κ1) is 28.4. The number of amides is 1. The second kappa shape index (κ2) is 13.9. The van der Waals surface area contributed by atoms with Gasteiger partial charge in [0.15, 0.2) is 0 Å². The number of aliphatic carboxylic acids is 1. The van der Waals surface area contributed by atoms with E-state index in [0.29, 0.717) is 30.9 Å². The zero-order valence-corrected chi connectivity index (χ0v) is 22.0. The number of anilines is 1. The van der Waals surface area contributed by atoms with Crippen LogP contribution in [0, 0.1) is 5.92 Å². The topological polar surface area (TPSA) is 105 Å². The third-order valence-electron chi connectivity index (χ3n) is 5.66. The Morgan fingerprint density at radius 2 is 1.34 bits per heavy atom. The van der Waals surface area contributed by atoms with Gasteiger partial charge in [0.1, 0.15) is 11.5 Å². The van der Waals surface area contributed by atoms with Crippen LogP contribution in [0.15, 0.2) is 72.8 Å². The van der Waals surface area contributed by atoms with Gasteiger partial charge in [-0.15, -0.1) is 0 Å². The van der Waals surface area contributed by atoms with Crippen molar-refractivity contribution in [3.05, 3.63) is 89.5 Å². The van der Waals surface area contributed by atoms with Gasteiger partial charge in [-0.25, -0.2) is 0 Å². The summed E-state index contributed by atoms with van der Waals surface area (Å²) in [6.45, 7) is 4.60. The summed E-state index contributed by atoms with van der Waals surface area (Å²) in [7, 11) is 1.60. The number of ether oxygens (including phenoxy) is 2. The van der Waals surface area contributed by atoms with Crippen molar-refractivity contribution in [3.63, 3.8) is 0 Å². The molecule has 0 aliphatic heterocycles. The average Bonchev–Trinajstić information content (AvgIpc) is 2.86. The van der Waals surface area contributed by atoms with E-state index < -0.39 is 5.97 Å². The first-order chi connectivity index (χ1) is 18.2. The number of benzene rings is 3. The molecule has 0 saturated carbocycles. The van der Waals surface area contributed by atoms with E-state index >= 15 is 0 Å². The summed E-state index contributed by atoms with van der Waals surface area (Å²) in [6.07, 6.45) is 0.590. The maximum absolute atomic E-state index is 12.4. The summed E-state index contributed by atoms with van der Waals surface area (Å²) in [5.74, 6) is 0.0900. The molecule has 0 aliphatic rings. The highest BCUT2D eigenvalue weighted by Crippen LogP contribution is 2.18. The van der Waals surface area contributed by atoms with Crippen molar-refractivity contribution in [1.29, 1.82) is 0 Å². The van der Waals surface area contributed by atoms with Crippen LogP contribution >= 0.6 is 0 Å². The Kier molecular flexibility index (Phi) is 10.4. The van der Waals surface area contributed by atoms with E-state index in [-0.39, 0.29) is 30.8 Å². The molecule has 0 aromatic heterocycles. The third kappa shape index (κ3) is 9.71. The van der Waals surface area contributed by atoms with E-state index in [9.17, 15) is 19.5 Å². The van der Waals surface area contributed by atoms with Gasteiger partial charge in [0, 0.05) is 25.2 Å². The molecule has 2 N–H and O–H groups in total. The first-order valence-corrected chi connectivity index (χ1v) is 12.5. The summed E-state index contributed by atoms with van der Waals surface area (Å²) in [6, 6.07) is 21.8. The lowest BCUT2D eigenvalue weighted by Crippen LogP contribution is -2.29. The third-order valence-corrected chi connectivity index (χ3v) is 5.66. The molecule has 8 heteroatoms. The quantitative estimate of drug-likeness (QED) is 0.245. The fourth-order valence-corrected chi connectivity index (χ4v) is 3.87. The molecule has 0 fully saturated rings. The molecule has 0 heterocycles. The summed E-state index contributed by atoms with van der Waals surface area (Å²) in [5.41, 5.74) is 3.36. The molecule has 3 aromatic rings. The minimum Gasteiger partial charge on any atom is -0.497 e. The van der Waals surface area contributed by atoms with E-state index in [1.165, 1.54) is 0 Å².